The Bertz CT molecular complexity index is 414. The van der Waals surface area contributed by atoms with Gasteiger partial charge >= 0.3 is 5.97 Å². The normalized spacial score (nSPS) is 16.2. The molecule has 0 aliphatic heterocycles. The van der Waals surface area contributed by atoms with E-state index in [9.17, 15) is 4.79 Å². The van der Waals surface area contributed by atoms with Crippen molar-refractivity contribution in [1.29, 1.82) is 0 Å². The van der Waals surface area contributed by atoms with Crippen molar-refractivity contribution < 1.29 is 9.90 Å². The van der Waals surface area contributed by atoms with Crippen LogP contribution in [0.2, 0.25) is 0 Å². The minimum atomic E-state index is -0.926. The summed E-state index contributed by atoms with van der Waals surface area (Å²) in [4.78, 5) is 11.0. The molecule has 0 heterocycles. The third-order valence-electron chi connectivity index (χ3n) is 3.34. The molecular formula is C14H16O2. The van der Waals surface area contributed by atoms with Crippen LogP contribution in [0.1, 0.15) is 42.7 Å². The van der Waals surface area contributed by atoms with Crippen LogP contribution in [0.25, 0.3) is 5.57 Å². The van der Waals surface area contributed by atoms with Gasteiger partial charge in [0, 0.05) is 0 Å². The highest BCUT2D eigenvalue weighted by molar-refractivity contribution is 6.14. The van der Waals surface area contributed by atoms with E-state index in [4.69, 9.17) is 5.11 Å². The molecule has 1 N–H and O–H groups in total. The maximum absolute atomic E-state index is 11.0. The number of rotatable bonds is 3. The van der Waals surface area contributed by atoms with E-state index < -0.39 is 5.97 Å². The van der Waals surface area contributed by atoms with E-state index in [1.807, 2.05) is 24.3 Å². The van der Waals surface area contributed by atoms with E-state index in [1.54, 1.807) is 0 Å². The van der Waals surface area contributed by atoms with Crippen molar-refractivity contribution in [3.8, 4) is 0 Å². The second-order valence-electron chi connectivity index (χ2n) is 4.35. The third kappa shape index (κ3) is 2.01. The first-order valence-corrected chi connectivity index (χ1v) is 5.71. The first kappa shape index (κ1) is 10.9. The zero-order valence-electron chi connectivity index (χ0n) is 9.28. The van der Waals surface area contributed by atoms with Crippen molar-refractivity contribution in [1.82, 2.24) is 0 Å². The lowest BCUT2D eigenvalue weighted by atomic mass is 9.90. The minimum absolute atomic E-state index is 0.211. The fraction of sp³-hybridized carbons (Fsp3) is 0.357. The molecule has 1 aromatic carbocycles. The molecule has 1 saturated carbocycles. The summed E-state index contributed by atoms with van der Waals surface area (Å²) in [6, 6.07) is 7.76. The van der Waals surface area contributed by atoms with Crippen LogP contribution >= 0.6 is 0 Å². The predicted molar refractivity (Wildman–Crippen MR) is 64.3 cm³/mol. The Morgan fingerprint density at radius 1 is 1.25 bits per heavy atom. The Labute approximate surface area is 95.6 Å². The molecule has 1 aromatic rings. The Balaban J connectivity index is 2.37. The molecule has 1 aliphatic carbocycles. The molecule has 2 nitrogen and oxygen atoms in total. The van der Waals surface area contributed by atoms with Crippen LogP contribution in [0.3, 0.4) is 0 Å². The van der Waals surface area contributed by atoms with Crippen LogP contribution in [0, 0.1) is 0 Å². The van der Waals surface area contributed by atoms with Crippen molar-refractivity contribution >= 4 is 11.5 Å². The molecule has 0 aromatic heterocycles. The van der Waals surface area contributed by atoms with Crippen LogP contribution in [0.4, 0.5) is 0 Å². The van der Waals surface area contributed by atoms with Crippen LogP contribution in [0.15, 0.2) is 30.8 Å². The first-order valence-electron chi connectivity index (χ1n) is 5.71. The van der Waals surface area contributed by atoms with Gasteiger partial charge < -0.3 is 5.11 Å². The van der Waals surface area contributed by atoms with E-state index in [0.717, 1.165) is 11.1 Å². The molecule has 0 atom stereocenters. The van der Waals surface area contributed by atoms with E-state index in [1.165, 1.54) is 25.7 Å². The van der Waals surface area contributed by atoms with E-state index in [2.05, 4.69) is 6.58 Å². The maximum Gasteiger partial charge on any atom is 0.335 e. The summed E-state index contributed by atoms with van der Waals surface area (Å²) in [6.07, 6.45) is 4.84. The highest BCUT2D eigenvalue weighted by Crippen LogP contribution is 2.37. The Morgan fingerprint density at radius 2 is 1.88 bits per heavy atom. The predicted octanol–water partition coefficient (Wildman–Crippen LogP) is 3.44. The molecule has 1 fully saturated rings. The molecule has 1 aliphatic rings. The molecule has 0 radical (unpaired) electrons. The van der Waals surface area contributed by atoms with Crippen molar-refractivity contribution in [3.63, 3.8) is 0 Å². The number of benzene rings is 1. The van der Waals surface area contributed by atoms with Crippen LogP contribution < -0.4 is 0 Å². The zero-order chi connectivity index (χ0) is 11.5. The van der Waals surface area contributed by atoms with Crippen molar-refractivity contribution in [2.24, 2.45) is 0 Å². The molecule has 0 spiro atoms. The lowest BCUT2D eigenvalue weighted by molar-refractivity contribution is -0.130. The summed E-state index contributed by atoms with van der Waals surface area (Å²) >= 11 is 0. The molecule has 0 saturated heterocycles. The van der Waals surface area contributed by atoms with E-state index in [0.29, 0.717) is 5.92 Å². The molecular weight excluding hydrogens is 200 g/mol. The standard InChI is InChI=1S/C14H16O2/c1-10(14(15)16)12-8-4-5-9-13(12)11-6-2-3-7-11/h4-5,8-9,11H,1-3,6-7H2,(H,15,16). The Kier molecular flexibility index (Phi) is 3.09. The number of carboxylic acids is 1. The molecule has 0 unspecified atom stereocenters. The number of carboxylic acid groups (broad SMARTS) is 1. The van der Waals surface area contributed by atoms with Gasteiger partial charge in [-0.25, -0.2) is 4.79 Å². The van der Waals surface area contributed by atoms with Crippen molar-refractivity contribution in [2.75, 3.05) is 0 Å². The zero-order valence-corrected chi connectivity index (χ0v) is 9.28. The van der Waals surface area contributed by atoms with Gasteiger partial charge in [-0.1, -0.05) is 43.7 Å². The quantitative estimate of drug-likeness (QED) is 0.786. The Hall–Kier alpha value is -1.57. The highest BCUT2D eigenvalue weighted by Gasteiger charge is 2.21. The van der Waals surface area contributed by atoms with Gasteiger partial charge in [-0.15, -0.1) is 0 Å². The van der Waals surface area contributed by atoms with Crippen molar-refractivity contribution in [2.45, 2.75) is 31.6 Å². The summed E-state index contributed by atoms with van der Waals surface area (Å²) in [7, 11) is 0. The average Bonchev–Trinajstić information content (AvgIpc) is 2.81. The molecule has 0 amide bonds. The number of hydrogen-bond donors (Lipinski definition) is 1. The van der Waals surface area contributed by atoms with E-state index in [-0.39, 0.29) is 5.57 Å². The highest BCUT2D eigenvalue weighted by atomic mass is 16.4. The van der Waals surface area contributed by atoms with Crippen LogP contribution in [-0.4, -0.2) is 11.1 Å². The minimum Gasteiger partial charge on any atom is -0.478 e. The topological polar surface area (TPSA) is 37.3 Å². The lowest BCUT2D eigenvalue weighted by Crippen LogP contribution is -2.04. The number of carbonyl (C=O) groups is 1. The van der Waals surface area contributed by atoms with Gasteiger partial charge in [-0.05, 0) is 29.9 Å². The second-order valence-corrected chi connectivity index (χ2v) is 4.35. The summed E-state index contributed by atoms with van der Waals surface area (Å²) in [5.41, 5.74) is 2.18. The largest absolute Gasteiger partial charge is 0.478 e. The summed E-state index contributed by atoms with van der Waals surface area (Å²) in [6.45, 7) is 3.66. The monoisotopic (exact) mass is 216 g/mol. The fourth-order valence-corrected chi connectivity index (χ4v) is 2.48. The van der Waals surface area contributed by atoms with E-state index >= 15 is 0 Å². The van der Waals surface area contributed by atoms with Gasteiger partial charge in [0.2, 0.25) is 0 Å². The lowest BCUT2D eigenvalue weighted by Gasteiger charge is -2.14. The molecule has 0 bridgehead atoms. The summed E-state index contributed by atoms with van der Waals surface area (Å²) < 4.78 is 0. The maximum atomic E-state index is 11.0. The summed E-state index contributed by atoms with van der Waals surface area (Å²) in [5.74, 6) is -0.405. The van der Waals surface area contributed by atoms with Gasteiger partial charge in [-0.2, -0.15) is 0 Å². The first-order chi connectivity index (χ1) is 7.70. The van der Waals surface area contributed by atoms with Gasteiger partial charge in [0.1, 0.15) is 0 Å². The molecule has 16 heavy (non-hydrogen) atoms. The fourth-order valence-electron chi connectivity index (χ4n) is 2.48. The average molecular weight is 216 g/mol. The SMILES string of the molecule is C=C(C(=O)O)c1ccccc1C1CCCC1. The van der Waals surface area contributed by atoms with Crippen molar-refractivity contribution in [3.05, 3.63) is 42.0 Å². The van der Waals surface area contributed by atoms with Gasteiger partial charge in [0.05, 0.1) is 5.57 Å². The molecule has 84 valence electrons. The summed E-state index contributed by atoms with van der Waals surface area (Å²) in [5, 5.41) is 9.00. The second kappa shape index (κ2) is 4.52. The van der Waals surface area contributed by atoms with Gasteiger partial charge in [0.15, 0.2) is 0 Å². The van der Waals surface area contributed by atoms with Crippen LogP contribution in [0.5, 0.6) is 0 Å². The van der Waals surface area contributed by atoms with Crippen LogP contribution in [-0.2, 0) is 4.79 Å². The Morgan fingerprint density at radius 3 is 2.50 bits per heavy atom. The van der Waals surface area contributed by atoms with Gasteiger partial charge in [-0.3, -0.25) is 0 Å². The molecule has 2 rings (SSSR count). The smallest absolute Gasteiger partial charge is 0.335 e. The third-order valence-corrected chi connectivity index (χ3v) is 3.34. The number of hydrogen-bond acceptors (Lipinski definition) is 1. The molecule has 2 heteroatoms. The number of aliphatic carboxylic acids is 1. The van der Waals surface area contributed by atoms with Gasteiger partial charge in [0.25, 0.3) is 0 Å².